The van der Waals surface area contributed by atoms with Gasteiger partial charge in [-0.2, -0.15) is 0 Å². The molecule has 2 saturated heterocycles. The van der Waals surface area contributed by atoms with Crippen LogP contribution < -0.4 is 5.32 Å². The molecule has 0 bridgehead atoms. The third-order valence-corrected chi connectivity index (χ3v) is 5.79. The summed E-state index contributed by atoms with van der Waals surface area (Å²) in [6.45, 7) is 7.57. The first kappa shape index (κ1) is 14.8. The standard InChI is InChI=1S/C17H31NO2/c1-3-10-18-15(16(2)7-5-11-19-16)14-6-12-20-17(13-14)8-4-9-17/h14-15,18H,3-13H2,1-2H3. The van der Waals surface area contributed by atoms with E-state index in [0.717, 1.165) is 25.7 Å². The van der Waals surface area contributed by atoms with Crippen LogP contribution in [0, 0.1) is 5.92 Å². The Labute approximate surface area is 123 Å². The molecule has 116 valence electrons. The van der Waals surface area contributed by atoms with Gasteiger partial charge in [0.15, 0.2) is 0 Å². The van der Waals surface area contributed by atoms with Gasteiger partial charge in [-0.1, -0.05) is 6.92 Å². The summed E-state index contributed by atoms with van der Waals surface area (Å²) in [4.78, 5) is 0. The maximum absolute atomic E-state index is 6.17. The number of hydrogen-bond acceptors (Lipinski definition) is 3. The van der Waals surface area contributed by atoms with Gasteiger partial charge >= 0.3 is 0 Å². The lowest BCUT2D eigenvalue weighted by Crippen LogP contribution is -2.57. The molecule has 0 radical (unpaired) electrons. The van der Waals surface area contributed by atoms with E-state index in [-0.39, 0.29) is 11.2 Å². The van der Waals surface area contributed by atoms with E-state index in [4.69, 9.17) is 9.47 Å². The Hall–Kier alpha value is -0.120. The smallest absolute Gasteiger partial charge is 0.0810 e. The summed E-state index contributed by atoms with van der Waals surface area (Å²) in [5.74, 6) is 0.721. The molecule has 3 heteroatoms. The second-order valence-corrected chi connectivity index (χ2v) is 7.33. The van der Waals surface area contributed by atoms with Gasteiger partial charge in [-0.15, -0.1) is 0 Å². The van der Waals surface area contributed by atoms with Gasteiger partial charge in [-0.3, -0.25) is 0 Å². The lowest BCUT2D eigenvalue weighted by Gasteiger charge is -2.51. The van der Waals surface area contributed by atoms with Gasteiger partial charge in [0.2, 0.25) is 0 Å². The van der Waals surface area contributed by atoms with Gasteiger partial charge in [0.25, 0.3) is 0 Å². The van der Waals surface area contributed by atoms with Gasteiger partial charge < -0.3 is 14.8 Å². The summed E-state index contributed by atoms with van der Waals surface area (Å²) < 4.78 is 12.3. The van der Waals surface area contributed by atoms with Gasteiger partial charge in [-0.25, -0.2) is 0 Å². The van der Waals surface area contributed by atoms with Crippen molar-refractivity contribution in [3.05, 3.63) is 0 Å². The fraction of sp³-hybridized carbons (Fsp3) is 1.00. The number of nitrogens with one attached hydrogen (secondary N) is 1. The maximum Gasteiger partial charge on any atom is 0.0810 e. The first-order chi connectivity index (χ1) is 9.68. The van der Waals surface area contributed by atoms with Crippen LogP contribution in [-0.4, -0.2) is 37.0 Å². The highest BCUT2D eigenvalue weighted by molar-refractivity contribution is 5.02. The van der Waals surface area contributed by atoms with Gasteiger partial charge in [0, 0.05) is 19.3 Å². The molecular weight excluding hydrogens is 250 g/mol. The predicted molar refractivity (Wildman–Crippen MR) is 80.9 cm³/mol. The average molecular weight is 281 g/mol. The zero-order valence-electron chi connectivity index (χ0n) is 13.2. The highest BCUT2D eigenvalue weighted by Gasteiger charge is 2.49. The lowest BCUT2D eigenvalue weighted by molar-refractivity contribution is -0.157. The topological polar surface area (TPSA) is 30.5 Å². The molecule has 0 aromatic carbocycles. The molecule has 0 aromatic heterocycles. The molecule has 3 unspecified atom stereocenters. The summed E-state index contributed by atoms with van der Waals surface area (Å²) >= 11 is 0. The second-order valence-electron chi connectivity index (χ2n) is 7.33. The molecule has 1 saturated carbocycles. The zero-order chi connectivity index (χ0) is 14.1. The van der Waals surface area contributed by atoms with Crippen LogP contribution in [0.25, 0.3) is 0 Å². The van der Waals surface area contributed by atoms with Crippen LogP contribution in [-0.2, 0) is 9.47 Å². The van der Waals surface area contributed by atoms with E-state index < -0.39 is 0 Å². The minimum atomic E-state index is 0.0438. The molecule has 3 nitrogen and oxygen atoms in total. The summed E-state index contributed by atoms with van der Waals surface area (Å²) in [6.07, 6.45) is 9.97. The monoisotopic (exact) mass is 281 g/mol. The van der Waals surface area contributed by atoms with Crippen molar-refractivity contribution in [2.75, 3.05) is 19.8 Å². The predicted octanol–water partition coefficient (Wildman–Crippen LogP) is 3.27. The Balaban J connectivity index is 1.70. The zero-order valence-corrected chi connectivity index (χ0v) is 13.2. The molecule has 2 heterocycles. The Morgan fingerprint density at radius 1 is 1.15 bits per heavy atom. The minimum Gasteiger partial charge on any atom is -0.375 e. The van der Waals surface area contributed by atoms with E-state index in [1.165, 1.54) is 51.4 Å². The molecule has 3 aliphatic rings. The van der Waals surface area contributed by atoms with Crippen molar-refractivity contribution in [2.45, 2.75) is 82.5 Å². The van der Waals surface area contributed by atoms with Gasteiger partial charge in [0.1, 0.15) is 0 Å². The van der Waals surface area contributed by atoms with Crippen LogP contribution in [0.1, 0.15) is 65.2 Å². The van der Waals surface area contributed by atoms with Crippen LogP contribution in [0.4, 0.5) is 0 Å². The average Bonchev–Trinajstić information content (AvgIpc) is 2.85. The molecule has 1 spiro atoms. The largest absolute Gasteiger partial charge is 0.375 e. The van der Waals surface area contributed by atoms with Crippen molar-refractivity contribution < 1.29 is 9.47 Å². The van der Waals surface area contributed by atoms with Crippen molar-refractivity contribution in [1.82, 2.24) is 5.32 Å². The first-order valence-electron chi connectivity index (χ1n) is 8.69. The van der Waals surface area contributed by atoms with E-state index in [1.54, 1.807) is 0 Å². The molecular formula is C17H31NO2. The summed E-state index contributed by atoms with van der Waals surface area (Å²) in [5, 5.41) is 3.83. The summed E-state index contributed by atoms with van der Waals surface area (Å²) in [7, 11) is 0. The SMILES string of the molecule is CCCNC(C1CCOC2(CCC2)C1)C1(C)CCCO1. The van der Waals surface area contributed by atoms with Crippen LogP contribution >= 0.6 is 0 Å². The number of hydrogen-bond donors (Lipinski definition) is 1. The van der Waals surface area contributed by atoms with Crippen LogP contribution in [0.5, 0.6) is 0 Å². The molecule has 0 amide bonds. The molecule has 3 atom stereocenters. The quantitative estimate of drug-likeness (QED) is 0.839. The Morgan fingerprint density at radius 3 is 2.60 bits per heavy atom. The highest BCUT2D eigenvalue weighted by atomic mass is 16.5. The fourth-order valence-electron chi connectivity index (χ4n) is 4.50. The number of ether oxygens (including phenoxy) is 2. The Kier molecular flexibility index (Phi) is 4.40. The van der Waals surface area contributed by atoms with Crippen molar-refractivity contribution in [3.63, 3.8) is 0 Å². The third-order valence-electron chi connectivity index (χ3n) is 5.79. The van der Waals surface area contributed by atoms with Crippen molar-refractivity contribution >= 4 is 0 Å². The van der Waals surface area contributed by atoms with Crippen molar-refractivity contribution in [2.24, 2.45) is 5.92 Å². The van der Waals surface area contributed by atoms with E-state index in [1.807, 2.05) is 0 Å². The molecule has 20 heavy (non-hydrogen) atoms. The first-order valence-corrected chi connectivity index (χ1v) is 8.69. The van der Waals surface area contributed by atoms with E-state index >= 15 is 0 Å². The molecule has 1 N–H and O–H groups in total. The van der Waals surface area contributed by atoms with Crippen LogP contribution in [0.15, 0.2) is 0 Å². The van der Waals surface area contributed by atoms with Crippen LogP contribution in [0.3, 0.4) is 0 Å². The van der Waals surface area contributed by atoms with Crippen LogP contribution in [0.2, 0.25) is 0 Å². The van der Waals surface area contributed by atoms with E-state index in [9.17, 15) is 0 Å². The van der Waals surface area contributed by atoms with Gasteiger partial charge in [0.05, 0.1) is 11.2 Å². The van der Waals surface area contributed by atoms with Crippen molar-refractivity contribution in [3.8, 4) is 0 Å². The third kappa shape index (κ3) is 2.77. The summed E-state index contributed by atoms with van der Waals surface area (Å²) in [6, 6.07) is 0.506. The summed E-state index contributed by atoms with van der Waals surface area (Å²) in [5.41, 5.74) is 0.284. The number of rotatable bonds is 5. The Morgan fingerprint density at radius 2 is 2.00 bits per heavy atom. The Bertz CT molecular complexity index is 321. The molecule has 2 aliphatic heterocycles. The molecule has 3 fully saturated rings. The highest BCUT2D eigenvalue weighted by Crippen LogP contribution is 2.47. The van der Waals surface area contributed by atoms with Crippen molar-refractivity contribution in [1.29, 1.82) is 0 Å². The van der Waals surface area contributed by atoms with E-state index in [0.29, 0.717) is 6.04 Å². The lowest BCUT2D eigenvalue weighted by atomic mass is 9.68. The van der Waals surface area contributed by atoms with E-state index in [2.05, 4.69) is 19.2 Å². The normalized spacial score (nSPS) is 37.8. The fourth-order valence-corrected chi connectivity index (χ4v) is 4.50. The maximum atomic E-state index is 6.17. The molecule has 1 aliphatic carbocycles. The molecule has 0 aromatic rings. The molecule has 3 rings (SSSR count). The van der Waals surface area contributed by atoms with Gasteiger partial charge in [-0.05, 0) is 70.8 Å². The second kappa shape index (κ2) is 5.94. The minimum absolute atomic E-state index is 0.0438.